The van der Waals surface area contributed by atoms with Crippen LogP contribution in [0.25, 0.3) is 0 Å². The van der Waals surface area contributed by atoms with Gasteiger partial charge < -0.3 is 10.4 Å². The van der Waals surface area contributed by atoms with Gasteiger partial charge in [-0.2, -0.15) is 5.26 Å². The van der Waals surface area contributed by atoms with E-state index in [0.717, 1.165) is 0 Å². The highest BCUT2D eigenvalue weighted by atomic mass is 16.4. The minimum atomic E-state index is -1.02. The Morgan fingerprint density at radius 2 is 1.95 bits per heavy atom. The third-order valence-corrected chi connectivity index (χ3v) is 3.49. The average molecular weight is 262 g/mol. The number of aryl methyl sites for hydroxylation is 1. The first-order chi connectivity index (χ1) is 8.60. The minimum absolute atomic E-state index is 0.249. The number of hydrogen-bond acceptors (Lipinski definition) is 5. The van der Waals surface area contributed by atoms with Gasteiger partial charge in [0, 0.05) is 5.69 Å². The third-order valence-electron chi connectivity index (χ3n) is 3.49. The summed E-state index contributed by atoms with van der Waals surface area (Å²) in [6, 6.07) is 3.52. The van der Waals surface area contributed by atoms with Crippen molar-refractivity contribution in [1.29, 1.82) is 5.26 Å². The molecule has 0 spiro atoms. The number of hydrogen-bond donors (Lipinski definition) is 2. The van der Waals surface area contributed by atoms with Crippen LogP contribution < -0.4 is 5.32 Å². The fraction of sp³-hybridized carbons (Fsp3) is 0.538. The Hall–Kier alpha value is -2.16. The molecule has 6 heteroatoms. The van der Waals surface area contributed by atoms with Crippen LogP contribution in [0.4, 0.5) is 5.95 Å². The van der Waals surface area contributed by atoms with Crippen LogP contribution in [0, 0.1) is 23.7 Å². The highest BCUT2D eigenvalue weighted by molar-refractivity contribution is 5.76. The Bertz CT molecular complexity index is 544. The number of carboxylic acid groups (broad SMARTS) is 1. The number of aromatic nitrogens is 2. The maximum absolute atomic E-state index is 11.3. The second-order valence-electron chi connectivity index (χ2n) is 5.51. The largest absolute Gasteiger partial charge is 0.481 e. The molecule has 0 amide bonds. The van der Waals surface area contributed by atoms with E-state index in [1.54, 1.807) is 40.7 Å². The van der Waals surface area contributed by atoms with E-state index in [-0.39, 0.29) is 11.6 Å². The van der Waals surface area contributed by atoms with E-state index in [9.17, 15) is 9.90 Å². The fourth-order valence-corrected chi connectivity index (χ4v) is 1.38. The maximum Gasteiger partial charge on any atom is 0.311 e. The van der Waals surface area contributed by atoms with E-state index in [1.165, 1.54) is 0 Å². The molecule has 0 aliphatic carbocycles. The van der Waals surface area contributed by atoms with Crippen molar-refractivity contribution >= 4 is 11.9 Å². The lowest BCUT2D eigenvalue weighted by atomic mass is 9.74. The molecule has 6 nitrogen and oxygen atoms in total. The van der Waals surface area contributed by atoms with Gasteiger partial charge in [-0.1, -0.05) is 0 Å². The molecule has 0 atom stereocenters. The molecule has 0 aliphatic rings. The van der Waals surface area contributed by atoms with Crippen molar-refractivity contribution in [3.05, 3.63) is 17.5 Å². The van der Waals surface area contributed by atoms with Crippen LogP contribution in [-0.4, -0.2) is 26.6 Å². The van der Waals surface area contributed by atoms with Crippen LogP contribution in [0.1, 0.15) is 39.1 Å². The van der Waals surface area contributed by atoms with Crippen molar-refractivity contribution in [2.75, 3.05) is 5.32 Å². The Morgan fingerprint density at radius 1 is 1.37 bits per heavy atom. The lowest BCUT2D eigenvalue weighted by molar-refractivity contribution is -0.149. The molecule has 2 N–H and O–H groups in total. The second kappa shape index (κ2) is 4.84. The summed E-state index contributed by atoms with van der Waals surface area (Å²) in [4.78, 5) is 19.5. The summed E-state index contributed by atoms with van der Waals surface area (Å²) in [5.74, 6) is -0.658. The zero-order valence-corrected chi connectivity index (χ0v) is 11.8. The summed E-state index contributed by atoms with van der Waals surface area (Å²) in [5, 5.41) is 21.1. The zero-order valence-electron chi connectivity index (χ0n) is 11.8. The molecule has 0 aliphatic heterocycles. The lowest BCUT2D eigenvalue weighted by Crippen LogP contribution is -2.51. The van der Waals surface area contributed by atoms with Crippen LogP contribution in [-0.2, 0) is 4.79 Å². The SMILES string of the molecule is Cc1cc(C#N)nc(NC(C)(C)C(C)(C)C(=O)O)n1. The molecule has 1 rings (SSSR count). The van der Waals surface area contributed by atoms with Gasteiger partial charge in [0.25, 0.3) is 0 Å². The number of nitriles is 1. The number of carboxylic acids is 1. The molecule has 0 saturated carbocycles. The van der Waals surface area contributed by atoms with Gasteiger partial charge >= 0.3 is 5.97 Å². The topological polar surface area (TPSA) is 98.9 Å². The summed E-state index contributed by atoms with van der Waals surface area (Å²) < 4.78 is 0. The van der Waals surface area contributed by atoms with Crippen molar-refractivity contribution in [2.24, 2.45) is 5.41 Å². The number of nitrogens with one attached hydrogen (secondary N) is 1. The summed E-state index contributed by atoms with van der Waals surface area (Å²) in [6.07, 6.45) is 0. The molecule has 0 unspecified atom stereocenters. The molecule has 1 heterocycles. The van der Waals surface area contributed by atoms with Gasteiger partial charge in [0.05, 0.1) is 11.0 Å². The predicted molar refractivity (Wildman–Crippen MR) is 70.6 cm³/mol. The third kappa shape index (κ3) is 2.99. The highest BCUT2D eigenvalue weighted by Crippen LogP contribution is 2.33. The van der Waals surface area contributed by atoms with Crippen LogP contribution in [0.5, 0.6) is 0 Å². The van der Waals surface area contributed by atoms with E-state index in [2.05, 4.69) is 15.3 Å². The number of aliphatic carboxylic acids is 1. The van der Waals surface area contributed by atoms with Crippen LogP contribution in [0.3, 0.4) is 0 Å². The Kier molecular flexibility index (Phi) is 3.80. The van der Waals surface area contributed by atoms with Crippen molar-refractivity contribution in [2.45, 2.75) is 40.2 Å². The minimum Gasteiger partial charge on any atom is -0.481 e. The first-order valence-corrected chi connectivity index (χ1v) is 5.87. The molecule has 0 saturated heterocycles. The van der Waals surface area contributed by atoms with Crippen molar-refractivity contribution in [3.63, 3.8) is 0 Å². The average Bonchev–Trinajstić information content (AvgIpc) is 2.26. The van der Waals surface area contributed by atoms with Gasteiger partial charge in [-0.05, 0) is 40.7 Å². The van der Waals surface area contributed by atoms with Crippen LogP contribution in [0.2, 0.25) is 0 Å². The standard InChI is InChI=1S/C13H18N4O2/c1-8-6-9(7-14)16-11(15-8)17-13(4,5)12(2,3)10(18)19/h6H,1-5H3,(H,18,19)(H,15,16,17). The summed E-state index contributed by atoms with van der Waals surface area (Å²) in [7, 11) is 0. The van der Waals surface area contributed by atoms with Gasteiger partial charge in [0.2, 0.25) is 5.95 Å². The second-order valence-corrected chi connectivity index (χ2v) is 5.51. The molecule has 1 aromatic rings. The molecule has 19 heavy (non-hydrogen) atoms. The summed E-state index contributed by atoms with van der Waals surface area (Å²) in [5.41, 5.74) is -0.899. The van der Waals surface area contributed by atoms with Gasteiger partial charge in [0.15, 0.2) is 0 Å². The zero-order chi connectivity index (χ0) is 14.8. The lowest BCUT2D eigenvalue weighted by Gasteiger charge is -2.38. The number of carbonyl (C=O) groups is 1. The number of rotatable bonds is 4. The van der Waals surface area contributed by atoms with Gasteiger partial charge in [-0.15, -0.1) is 0 Å². The molecule has 0 bridgehead atoms. The predicted octanol–water partition coefficient (Wildman–Crippen LogP) is 1.96. The number of anilines is 1. The molecular weight excluding hydrogens is 244 g/mol. The smallest absolute Gasteiger partial charge is 0.311 e. The molecule has 0 aromatic carbocycles. The van der Waals surface area contributed by atoms with E-state index in [1.807, 2.05) is 6.07 Å². The Balaban J connectivity index is 3.12. The van der Waals surface area contributed by atoms with E-state index >= 15 is 0 Å². The molecular formula is C13H18N4O2. The van der Waals surface area contributed by atoms with Crippen molar-refractivity contribution in [1.82, 2.24) is 9.97 Å². The first kappa shape index (κ1) is 14.9. The van der Waals surface area contributed by atoms with Crippen molar-refractivity contribution < 1.29 is 9.90 Å². The van der Waals surface area contributed by atoms with Crippen LogP contribution >= 0.6 is 0 Å². The van der Waals surface area contributed by atoms with Crippen molar-refractivity contribution in [3.8, 4) is 6.07 Å². The monoisotopic (exact) mass is 262 g/mol. The van der Waals surface area contributed by atoms with Gasteiger partial charge in [0.1, 0.15) is 11.8 Å². The first-order valence-electron chi connectivity index (χ1n) is 5.87. The number of nitrogens with zero attached hydrogens (tertiary/aromatic N) is 3. The maximum atomic E-state index is 11.3. The van der Waals surface area contributed by atoms with E-state index < -0.39 is 16.9 Å². The quantitative estimate of drug-likeness (QED) is 0.860. The normalized spacial score (nSPS) is 11.8. The molecule has 102 valence electrons. The summed E-state index contributed by atoms with van der Waals surface area (Å²) >= 11 is 0. The van der Waals surface area contributed by atoms with E-state index in [4.69, 9.17) is 5.26 Å². The Labute approximate surface area is 112 Å². The van der Waals surface area contributed by atoms with E-state index in [0.29, 0.717) is 5.69 Å². The van der Waals surface area contributed by atoms with Gasteiger partial charge in [-0.25, -0.2) is 9.97 Å². The molecule has 1 aromatic heterocycles. The fourth-order valence-electron chi connectivity index (χ4n) is 1.38. The summed E-state index contributed by atoms with van der Waals surface area (Å²) in [6.45, 7) is 8.54. The Morgan fingerprint density at radius 3 is 2.42 bits per heavy atom. The molecule has 0 radical (unpaired) electrons. The highest BCUT2D eigenvalue weighted by Gasteiger charge is 2.44. The van der Waals surface area contributed by atoms with Crippen LogP contribution in [0.15, 0.2) is 6.07 Å². The van der Waals surface area contributed by atoms with Gasteiger partial charge in [-0.3, -0.25) is 4.79 Å². The molecule has 0 fully saturated rings.